The second-order valence-electron chi connectivity index (χ2n) is 13.7. The lowest BCUT2D eigenvalue weighted by Crippen LogP contribution is -2.44. The molecule has 1 aromatic carbocycles. The summed E-state index contributed by atoms with van der Waals surface area (Å²) < 4.78 is 0. The van der Waals surface area contributed by atoms with E-state index in [2.05, 4.69) is 53.9 Å². The molecule has 190 valence electrons. The van der Waals surface area contributed by atoms with Crippen LogP contribution in [0.4, 0.5) is 5.69 Å². The summed E-state index contributed by atoms with van der Waals surface area (Å²) in [5, 5.41) is 4.00. The minimum absolute atomic E-state index is 0.524. The molecule has 7 aliphatic carbocycles. The molecular formula is C35H45N. The van der Waals surface area contributed by atoms with Crippen LogP contribution in [0.5, 0.6) is 0 Å². The first-order valence-electron chi connectivity index (χ1n) is 15.8. The van der Waals surface area contributed by atoms with E-state index in [0.29, 0.717) is 5.41 Å². The van der Waals surface area contributed by atoms with Gasteiger partial charge in [0.1, 0.15) is 0 Å². The van der Waals surface area contributed by atoms with Crippen molar-refractivity contribution < 1.29 is 0 Å². The first-order valence-corrected chi connectivity index (χ1v) is 15.8. The van der Waals surface area contributed by atoms with Crippen molar-refractivity contribution in [2.45, 2.75) is 89.9 Å². The lowest BCUT2D eigenvalue weighted by Gasteiger charge is -2.49. The van der Waals surface area contributed by atoms with E-state index in [4.69, 9.17) is 0 Å². The van der Waals surface area contributed by atoms with Crippen molar-refractivity contribution in [3.63, 3.8) is 0 Å². The molecule has 0 aromatic heterocycles. The van der Waals surface area contributed by atoms with Gasteiger partial charge in [-0.2, -0.15) is 0 Å². The molecule has 36 heavy (non-hydrogen) atoms. The smallest absolute Gasteiger partial charge is 0.0384 e. The fraction of sp³-hybridized carbons (Fsp3) is 0.657. The number of benzene rings is 1. The van der Waals surface area contributed by atoms with Gasteiger partial charge >= 0.3 is 0 Å². The van der Waals surface area contributed by atoms with Crippen molar-refractivity contribution >= 4 is 5.69 Å². The summed E-state index contributed by atoms with van der Waals surface area (Å²) in [6.07, 6.45) is 33.0. The highest BCUT2D eigenvalue weighted by atomic mass is 14.9. The topological polar surface area (TPSA) is 12.0 Å². The Hall–Kier alpha value is -1.76. The molecular weight excluding hydrogens is 434 g/mol. The third-order valence-corrected chi connectivity index (χ3v) is 12.5. The molecule has 0 bridgehead atoms. The largest absolute Gasteiger partial charge is 0.359 e. The SMILES string of the molecule is C1=CC2C(CC1)C1CCCCC1C21C2C=C(Nc3ccc4c(c3)CCCC4)CCC2C2C=CCCC21. The van der Waals surface area contributed by atoms with E-state index in [-0.39, 0.29) is 0 Å². The first-order chi connectivity index (χ1) is 17.8. The number of hydrogen-bond acceptors (Lipinski definition) is 1. The van der Waals surface area contributed by atoms with Crippen molar-refractivity contribution in [1.29, 1.82) is 0 Å². The van der Waals surface area contributed by atoms with Gasteiger partial charge in [-0.25, -0.2) is 0 Å². The van der Waals surface area contributed by atoms with Gasteiger partial charge < -0.3 is 5.32 Å². The maximum Gasteiger partial charge on any atom is 0.0384 e. The zero-order valence-electron chi connectivity index (χ0n) is 22.1. The zero-order chi connectivity index (χ0) is 23.7. The highest BCUT2D eigenvalue weighted by Crippen LogP contribution is 2.75. The van der Waals surface area contributed by atoms with Crippen molar-refractivity contribution in [1.82, 2.24) is 0 Å². The number of nitrogens with one attached hydrogen (secondary N) is 1. The Bertz CT molecular complexity index is 1110. The summed E-state index contributed by atoms with van der Waals surface area (Å²) in [6.45, 7) is 0. The summed E-state index contributed by atoms with van der Waals surface area (Å²) in [4.78, 5) is 0. The average molecular weight is 480 g/mol. The molecule has 3 saturated carbocycles. The highest BCUT2D eigenvalue weighted by Gasteiger charge is 2.70. The number of fused-ring (bicyclic) bond motifs is 11. The molecule has 0 aliphatic heterocycles. The summed E-state index contributed by atoms with van der Waals surface area (Å²) in [6, 6.07) is 7.28. The van der Waals surface area contributed by atoms with E-state index in [1.807, 2.05) is 0 Å². The van der Waals surface area contributed by atoms with E-state index in [1.165, 1.54) is 95.6 Å². The molecule has 8 rings (SSSR count). The Morgan fingerprint density at radius 3 is 2.50 bits per heavy atom. The van der Waals surface area contributed by atoms with E-state index >= 15 is 0 Å². The monoisotopic (exact) mass is 479 g/mol. The van der Waals surface area contributed by atoms with Crippen LogP contribution in [0, 0.1) is 52.8 Å². The number of hydrogen-bond donors (Lipinski definition) is 1. The molecule has 1 aromatic rings. The van der Waals surface area contributed by atoms with Crippen LogP contribution in [0.15, 0.2) is 54.3 Å². The molecule has 1 heteroatoms. The summed E-state index contributed by atoms with van der Waals surface area (Å²) >= 11 is 0. The number of anilines is 1. The van der Waals surface area contributed by atoms with Gasteiger partial charge in [0.25, 0.3) is 0 Å². The Balaban J connectivity index is 1.21. The number of rotatable bonds is 2. The lowest BCUT2D eigenvalue weighted by atomic mass is 9.55. The van der Waals surface area contributed by atoms with Crippen LogP contribution in [0.25, 0.3) is 0 Å². The number of allylic oxidation sites excluding steroid dienone is 6. The Morgan fingerprint density at radius 2 is 1.53 bits per heavy atom. The molecule has 0 amide bonds. The van der Waals surface area contributed by atoms with Gasteiger partial charge in [-0.05, 0) is 153 Å². The lowest BCUT2D eigenvalue weighted by molar-refractivity contribution is 0.0163. The molecule has 3 fully saturated rings. The maximum absolute atomic E-state index is 4.00. The van der Waals surface area contributed by atoms with Crippen molar-refractivity contribution in [3.8, 4) is 0 Å². The van der Waals surface area contributed by atoms with E-state index in [0.717, 1.165) is 47.3 Å². The fourth-order valence-corrected chi connectivity index (χ4v) is 11.5. The van der Waals surface area contributed by atoms with E-state index in [9.17, 15) is 0 Å². The zero-order valence-corrected chi connectivity index (χ0v) is 22.1. The third-order valence-electron chi connectivity index (χ3n) is 12.5. The predicted molar refractivity (Wildman–Crippen MR) is 150 cm³/mol. The van der Waals surface area contributed by atoms with Crippen molar-refractivity contribution in [3.05, 3.63) is 65.4 Å². The normalized spacial score (nSPS) is 44.3. The molecule has 1 nitrogen and oxygen atoms in total. The summed E-state index contributed by atoms with van der Waals surface area (Å²) in [5.41, 5.74) is 6.62. The molecule has 0 radical (unpaired) electrons. The highest BCUT2D eigenvalue weighted by molar-refractivity contribution is 5.53. The van der Waals surface area contributed by atoms with E-state index in [1.54, 1.807) is 16.8 Å². The van der Waals surface area contributed by atoms with Crippen LogP contribution in [-0.2, 0) is 12.8 Å². The maximum atomic E-state index is 4.00. The van der Waals surface area contributed by atoms with Crippen LogP contribution >= 0.6 is 0 Å². The molecule has 9 atom stereocenters. The molecule has 1 N–H and O–H groups in total. The van der Waals surface area contributed by atoms with Gasteiger partial charge in [-0.3, -0.25) is 0 Å². The quantitative estimate of drug-likeness (QED) is 0.418. The first kappa shape index (κ1) is 22.2. The summed E-state index contributed by atoms with van der Waals surface area (Å²) in [5.74, 6) is 7.18. The van der Waals surface area contributed by atoms with Crippen LogP contribution in [0.3, 0.4) is 0 Å². The summed E-state index contributed by atoms with van der Waals surface area (Å²) in [7, 11) is 0. The van der Waals surface area contributed by atoms with Gasteiger partial charge in [0.15, 0.2) is 0 Å². The Morgan fingerprint density at radius 1 is 0.667 bits per heavy atom. The Kier molecular flexibility index (Phi) is 5.34. The fourth-order valence-electron chi connectivity index (χ4n) is 11.5. The van der Waals surface area contributed by atoms with Gasteiger partial charge in [-0.1, -0.05) is 49.3 Å². The predicted octanol–water partition coefficient (Wildman–Crippen LogP) is 8.87. The van der Waals surface area contributed by atoms with Gasteiger partial charge in [0.05, 0.1) is 0 Å². The second-order valence-corrected chi connectivity index (χ2v) is 13.7. The molecule has 9 unspecified atom stereocenters. The Labute approximate surface area is 218 Å². The van der Waals surface area contributed by atoms with Gasteiger partial charge in [-0.15, -0.1) is 0 Å². The third kappa shape index (κ3) is 3.13. The van der Waals surface area contributed by atoms with Crippen LogP contribution in [-0.4, -0.2) is 0 Å². The van der Waals surface area contributed by atoms with Crippen LogP contribution in [0.2, 0.25) is 0 Å². The van der Waals surface area contributed by atoms with Gasteiger partial charge in [0, 0.05) is 11.4 Å². The average Bonchev–Trinajstić information content (AvgIpc) is 3.40. The molecule has 0 saturated heterocycles. The molecule has 7 aliphatic rings. The van der Waals surface area contributed by atoms with Crippen molar-refractivity contribution in [2.75, 3.05) is 5.32 Å². The minimum Gasteiger partial charge on any atom is -0.359 e. The van der Waals surface area contributed by atoms with E-state index < -0.39 is 0 Å². The van der Waals surface area contributed by atoms with Crippen molar-refractivity contribution in [2.24, 2.45) is 52.8 Å². The van der Waals surface area contributed by atoms with Gasteiger partial charge in [0.2, 0.25) is 0 Å². The molecule has 0 heterocycles. The van der Waals surface area contributed by atoms with Crippen LogP contribution < -0.4 is 5.32 Å². The standard InChI is InChI=1S/C35H45N/c1-2-10-24-21-25(18-17-23(24)9-1)36-26-19-20-30-29-13-5-8-16-33(29)35(34(30)22-26)31-14-6-3-11-27(31)28-12-4-7-15-32(28)35/h5-6,13-14,17-18,21-22,27-34,36H,1-4,7-12,15-16,19-20H2. The second kappa shape index (κ2) is 8.64. The van der Waals surface area contributed by atoms with Crippen LogP contribution in [0.1, 0.15) is 88.2 Å². The number of aryl methyl sites for hydroxylation is 2. The minimum atomic E-state index is 0.524. The molecule has 1 spiro atoms.